The molecule has 0 aromatic carbocycles. The van der Waals surface area contributed by atoms with Gasteiger partial charge >= 0.3 is 5.97 Å². The van der Waals surface area contributed by atoms with Crippen LogP contribution in [0.4, 0.5) is 11.5 Å². The number of carboxylic acids is 1. The molecular formula is C11H15N3O2S. The number of hydrogen-bond acceptors (Lipinski definition) is 5. The van der Waals surface area contributed by atoms with Crippen molar-refractivity contribution in [3.8, 4) is 0 Å². The number of carbonyl (C=O) groups is 1. The average molecular weight is 253 g/mol. The predicted molar refractivity (Wildman–Crippen MR) is 69.6 cm³/mol. The Labute approximate surface area is 104 Å². The molecule has 1 heterocycles. The van der Waals surface area contributed by atoms with Crippen LogP contribution in [-0.2, 0) is 0 Å². The van der Waals surface area contributed by atoms with Crippen molar-refractivity contribution >= 4 is 29.2 Å². The average Bonchev–Trinajstić information content (AvgIpc) is 3.08. The number of nitrogens with one attached hydrogen (secondary N) is 1. The molecule has 6 heteroatoms. The number of pyridine rings is 1. The Hall–Kier alpha value is -1.43. The van der Waals surface area contributed by atoms with E-state index in [1.807, 2.05) is 11.8 Å². The monoisotopic (exact) mass is 253 g/mol. The van der Waals surface area contributed by atoms with Crippen molar-refractivity contribution in [1.82, 2.24) is 4.98 Å². The number of nitrogen functional groups attached to an aromatic ring is 1. The van der Waals surface area contributed by atoms with Gasteiger partial charge in [-0.3, -0.25) is 0 Å². The number of anilines is 2. The van der Waals surface area contributed by atoms with E-state index in [0.717, 1.165) is 6.54 Å². The van der Waals surface area contributed by atoms with E-state index >= 15 is 0 Å². The van der Waals surface area contributed by atoms with Gasteiger partial charge in [-0.15, -0.1) is 0 Å². The van der Waals surface area contributed by atoms with Crippen LogP contribution in [0.1, 0.15) is 23.2 Å². The lowest BCUT2D eigenvalue weighted by atomic mass is 10.2. The van der Waals surface area contributed by atoms with E-state index in [-0.39, 0.29) is 11.3 Å². The zero-order valence-electron chi connectivity index (χ0n) is 9.56. The van der Waals surface area contributed by atoms with E-state index in [4.69, 9.17) is 10.8 Å². The maximum absolute atomic E-state index is 10.9. The highest BCUT2D eigenvalue weighted by atomic mass is 32.2. The SMILES string of the molecule is CSC1(CNc2cc(C(=O)O)c(N)cn2)CC1. The lowest BCUT2D eigenvalue weighted by Crippen LogP contribution is -2.18. The number of nitrogens with two attached hydrogens (primary N) is 1. The second-order valence-electron chi connectivity index (χ2n) is 4.20. The van der Waals surface area contributed by atoms with Crippen molar-refractivity contribution in [2.45, 2.75) is 17.6 Å². The first-order valence-electron chi connectivity index (χ1n) is 5.34. The second kappa shape index (κ2) is 4.44. The van der Waals surface area contributed by atoms with Gasteiger partial charge in [-0.1, -0.05) is 0 Å². The van der Waals surface area contributed by atoms with Gasteiger partial charge in [-0.05, 0) is 25.2 Å². The van der Waals surface area contributed by atoms with Crippen LogP contribution in [0.3, 0.4) is 0 Å². The molecule has 0 aliphatic heterocycles. The van der Waals surface area contributed by atoms with Crippen LogP contribution in [-0.4, -0.2) is 33.6 Å². The summed E-state index contributed by atoms with van der Waals surface area (Å²) in [5.41, 5.74) is 5.82. The van der Waals surface area contributed by atoms with Crippen LogP contribution in [0.25, 0.3) is 0 Å². The number of thioether (sulfide) groups is 1. The zero-order chi connectivity index (χ0) is 12.5. The van der Waals surface area contributed by atoms with E-state index in [9.17, 15) is 4.79 Å². The highest BCUT2D eigenvalue weighted by Crippen LogP contribution is 2.46. The summed E-state index contributed by atoms with van der Waals surface area (Å²) in [5.74, 6) is -0.462. The molecule has 1 fully saturated rings. The summed E-state index contributed by atoms with van der Waals surface area (Å²) in [6, 6.07) is 1.48. The topological polar surface area (TPSA) is 88.2 Å². The number of rotatable bonds is 5. The van der Waals surface area contributed by atoms with Gasteiger partial charge in [-0.2, -0.15) is 11.8 Å². The van der Waals surface area contributed by atoms with Crippen molar-refractivity contribution in [2.24, 2.45) is 0 Å². The molecule has 1 aliphatic carbocycles. The minimum absolute atomic E-state index is 0.0940. The molecular weight excluding hydrogens is 238 g/mol. The van der Waals surface area contributed by atoms with Gasteiger partial charge in [0.25, 0.3) is 0 Å². The van der Waals surface area contributed by atoms with E-state index in [1.54, 1.807) is 0 Å². The minimum Gasteiger partial charge on any atom is -0.478 e. The number of aromatic nitrogens is 1. The van der Waals surface area contributed by atoms with Gasteiger partial charge in [0, 0.05) is 11.3 Å². The fraction of sp³-hybridized carbons (Fsp3) is 0.455. The highest BCUT2D eigenvalue weighted by Gasteiger charge is 2.41. The van der Waals surface area contributed by atoms with Gasteiger partial charge in [-0.25, -0.2) is 9.78 Å². The van der Waals surface area contributed by atoms with Crippen molar-refractivity contribution in [3.63, 3.8) is 0 Å². The summed E-state index contributed by atoms with van der Waals surface area (Å²) in [4.78, 5) is 15.0. The molecule has 0 radical (unpaired) electrons. The number of nitrogens with zero attached hydrogens (tertiary/aromatic N) is 1. The van der Waals surface area contributed by atoms with E-state index in [2.05, 4.69) is 16.6 Å². The normalized spacial score (nSPS) is 16.5. The summed E-state index contributed by atoms with van der Waals surface area (Å²) in [6.45, 7) is 0.810. The van der Waals surface area contributed by atoms with Crippen molar-refractivity contribution < 1.29 is 9.90 Å². The number of carboxylic acid groups (broad SMARTS) is 1. The van der Waals surface area contributed by atoms with Crippen molar-refractivity contribution in [1.29, 1.82) is 0 Å². The summed E-state index contributed by atoms with van der Waals surface area (Å²) >= 11 is 1.84. The quantitative estimate of drug-likeness (QED) is 0.739. The first-order valence-corrected chi connectivity index (χ1v) is 6.57. The van der Waals surface area contributed by atoms with Crippen molar-refractivity contribution in [3.05, 3.63) is 17.8 Å². The van der Waals surface area contributed by atoms with Crippen LogP contribution in [0.15, 0.2) is 12.3 Å². The third kappa shape index (κ3) is 2.63. The van der Waals surface area contributed by atoms with E-state index < -0.39 is 5.97 Å². The number of aromatic carboxylic acids is 1. The molecule has 92 valence electrons. The van der Waals surface area contributed by atoms with Crippen LogP contribution < -0.4 is 11.1 Å². The van der Waals surface area contributed by atoms with Gasteiger partial charge in [0.15, 0.2) is 0 Å². The Morgan fingerprint density at radius 1 is 1.71 bits per heavy atom. The molecule has 0 amide bonds. The Morgan fingerprint density at radius 2 is 2.41 bits per heavy atom. The smallest absolute Gasteiger partial charge is 0.337 e. The molecule has 0 unspecified atom stereocenters. The largest absolute Gasteiger partial charge is 0.478 e. The zero-order valence-corrected chi connectivity index (χ0v) is 10.4. The molecule has 1 aliphatic rings. The van der Waals surface area contributed by atoms with Crippen LogP contribution in [0, 0.1) is 0 Å². The van der Waals surface area contributed by atoms with E-state index in [1.165, 1.54) is 25.1 Å². The molecule has 17 heavy (non-hydrogen) atoms. The molecule has 1 aromatic rings. The Bertz CT molecular complexity index is 446. The number of hydrogen-bond donors (Lipinski definition) is 3. The van der Waals surface area contributed by atoms with E-state index in [0.29, 0.717) is 10.6 Å². The molecule has 0 atom stereocenters. The summed E-state index contributed by atoms with van der Waals surface area (Å²) in [5, 5.41) is 12.1. The van der Waals surface area contributed by atoms with Gasteiger partial charge in [0.05, 0.1) is 17.4 Å². The first kappa shape index (κ1) is 12.0. The van der Waals surface area contributed by atoms with Gasteiger partial charge in [0.2, 0.25) is 0 Å². The fourth-order valence-corrected chi connectivity index (χ4v) is 2.32. The third-order valence-electron chi connectivity index (χ3n) is 3.00. The molecule has 0 saturated heterocycles. The lowest BCUT2D eigenvalue weighted by Gasteiger charge is -2.14. The summed E-state index contributed by atoms with van der Waals surface area (Å²) < 4.78 is 0.312. The maximum atomic E-state index is 10.9. The lowest BCUT2D eigenvalue weighted by molar-refractivity contribution is 0.0698. The Morgan fingerprint density at radius 3 is 2.94 bits per heavy atom. The first-order chi connectivity index (χ1) is 8.06. The molecule has 0 spiro atoms. The van der Waals surface area contributed by atoms with Crippen LogP contribution in [0.5, 0.6) is 0 Å². The Kier molecular flexibility index (Phi) is 3.15. The van der Waals surface area contributed by atoms with Crippen LogP contribution >= 0.6 is 11.8 Å². The molecule has 1 aromatic heterocycles. The molecule has 1 saturated carbocycles. The summed E-state index contributed by atoms with van der Waals surface area (Å²) in [7, 11) is 0. The third-order valence-corrected chi connectivity index (χ3v) is 4.42. The maximum Gasteiger partial charge on any atom is 0.337 e. The van der Waals surface area contributed by atoms with Crippen molar-refractivity contribution in [2.75, 3.05) is 23.9 Å². The fourth-order valence-electron chi connectivity index (χ4n) is 1.59. The molecule has 0 bridgehead atoms. The van der Waals surface area contributed by atoms with Gasteiger partial charge in [0.1, 0.15) is 5.82 Å². The second-order valence-corrected chi connectivity index (χ2v) is 5.48. The summed E-state index contributed by atoms with van der Waals surface area (Å²) in [6.07, 6.45) is 5.86. The molecule has 2 rings (SSSR count). The molecule has 4 N–H and O–H groups in total. The van der Waals surface area contributed by atoms with Gasteiger partial charge < -0.3 is 16.2 Å². The molecule has 5 nitrogen and oxygen atoms in total. The predicted octanol–water partition coefficient (Wildman–Crippen LogP) is 1.67. The van der Waals surface area contributed by atoms with Crippen LogP contribution in [0.2, 0.25) is 0 Å². The standard InChI is InChI=1S/C11H15N3O2S/c1-17-11(2-3-11)6-14-9-4-7(10(15)16)8(12)5-13-9/h4-5H,2-3,6,12H2,1H3,(H,13,14)(H,15,16). The Balaban J connectivity index is 2.06. The minimum atomic E-state index is -1.03. The highest BCUT2D eigenvalue weighted by molar-refractivity contribution is 8.00.